The average Bonchev–Trinajstić information content (AvgIpc) is 2.57. The van der Waals surface area contributed by atoms with Crippen molar-refractivity contribution >= 4 is 11.3 Å². The molecular weight excluding hydrogens is 166 g/mol. The summed E-state index contributed by atoms with van der Waals surface area (Å²) in [6.45, 7) is 6.80. The highest BCUT2D eigenvalue weighted by atomic mass is 32.1. The summed E-state index contributed by atoms with van der Waals surface area (Å²) in [7, 11) is 0. The molecule has 0 aliphatic rings. The fraction of sp³-hybridized carbons (Fsp3) is 0.700. The molecule has 0 bridgehead atoms. The summed E-state index contributed by atoms with van der Waals surface area (Å²) in [4.78, 5) is 4.40. The van der Waals surface area contributed by atoms with Crippen LogP contribution in [0, 0.1) is 0 Å². The van der Waals surface area contributed by atoms with Crippen LogP contribution >= 0.6 is 11.3 Å². The van der Waals surface area contributed by atoms with E-state index in [0.29, 0.717) is 5.41 Å². The minimum absolute atomic E-state index is 0.322. The van der Waals surface area contributed by atoms with Crippen LogP contribution in [0.25, 0.3) is 0 Å². The quantitative estimate of drug-likeness (QED) is 0.695. The molecule has 0 aliphatic heterocycles. The van der Waals surface area contributed by atoms with Gasteiger partial charge < -0.3 is 0 Å². The number of nitrogens with zero attached hydrogens (tertiary/aromatic N) is 1. The van der Waals surface area contributed by atoms with Crippen molar-refractivity contribution < 1.29 is 0 Å². The van der Waals surface area contributed by atoms with E-state index in [9.17, 15) is 0 Å². The van der Waals surface area contributed by atoms with E-state index >= 15 is 0 Å². The van der Waals surface area contributed by atoms with Gasteiger partial charge in [-0.1, -0.05) is 27.2 Å². The normalized spacial score (nSPS) is 15.9. The van der Waals surface area contributed by atoms with Gasteiger partial charge >= 0.3 is 0 Å². The third-order valence-corrected chi connectivity index (χ3v) is 3.61. The van der Waals surface area contributed by atoms with Crippen LogP contribution in [0.5, 0.6) is 0 Å². The highest BCUT2D eigenvalue weighted by molar-refractivity contribution is 7.09. The zero-order chi connectivity index (χ0) is 9.03. The standard InChI is InChI=1S/C10H17NS/c1-4-6-10(3,5-2)9-11-7-8-12-9/h7-8H,4-6H2,1-3H3. The van der Waals surface area contributed by atoms with Gasteiger partial charge in [0.2, 0.25) is 0 Å². The smallest absolute Gasteiger partial charge is 0.0983 e. The highest BCUT2D eigenvalue weighted by Gasteiger charge is 2.25. The van der Waals surface area contributed by atoms with E-state index in [0.717, 1.165) is 0 Å². The van der Waals surface area contributed by atoms with Crippen LogP contribution in [0.4, 0.5) is 0 Å². The van der Waals surface area contributed by atoms with Crippen LogP contribution in [-0.4, -0.2) is 4.98 Å². The Kier molecular flexibility index (Phi) is 3.27. The highest BCUT2D eigenvalue weighted by Crippen LogP contribution is 2.33. The summed E-state index contributed by atoms with van der Waals surface area (Å²) in [5.41, 5.74) is 0.322. The van der Waals surface area contributed by atoms with Gasteiger partial charge in [0.1, 0.15) is 0 Å². The molecule has 0 spiro atoms. The first-order valence-electron chi connectivity index (χ1n) is 4.63. The van der Waals surface area contributed by atoms with Gasteiger partial charge in [0, 0.05) is 17.0 Å². The minimum Gasteiger partial charge on any atom is -0.249 e. The van der Waals surface area contributed by atoms with Crippen molar-refractivity contribution in [2.75, 3.05) is 0 Å². The van der Waals surface area contributed by atoms with Gasteiger partial charge in [-0.15, -0.1) is 11.3 Å². The molecule has 1 nitrogen and oxygen atoms in total. The second kappa shape index (κ2) is 4.04. The third-order valence-electron chi connectivity index (χ3n) is 2.53. The van der Waals surface area contributed by atoms with E-state index in [1.807, 2.05) is 6.20 Å². The molecule has 1 aromatic rings. The van der Waals surface area contributed by atoms with Gasteiger partial charge in [0.05, 0.1) is 5.01 Å². The van der Waals surface area contributed by atoms with Gasteiger partial charge in [-0.2, -0.15) is 0 Å². The molecule has 1 aromatic heterocycles. The fourth-order valence-electron chi connectivity index (χ4n) is 1.51. The Labute approximate surface area is 78.8 Å². The Bertz CT molecular complexity index is 218. The zero-order valence-electron chi connectivity index (χ0n) is 8.13. The fourth-order valence-corrected chi connectivity index (χ4v) is 2.41. The summed E-state index contributed by atoms with van der Waals surface area (Å²) in [6.07, 6.45) is 5.58. The van der Waals surface area contributed by atoms with E-state index in [4.69, 9.17) is 0 Å². The molecule has 1 rings (SSSR count). The summed E-state index contributed by atoms with van der Waals surface area (Å²) in [5, 5.41) is 3.37. The molecule has 2 heteroatoms. The Morgan fingerprint density at radius 2 is 2.25 bits per heavy atom. The first-order chi connectivity index (χ1) is 5.73. The predicted molar refractivity (Wildman–Crippen MR) is 54.7 cm³/mol. The van der Waals surface area contributed by atoms with Gasteiger partial charge in [-0.25, -0.2) is 4.98 Å². The Morgan fingerprint density at radius 3 is 2.67 bits per heavy atom. The van der Waals surface area contributed by atoms with Crippen LogP contribution in [0.3, 0.4) is 0 Å². The lowest BCUT2D eigenvalue weighted by Crippen LogP contribution is -2.19. The molecular formula is C10H17NS. The lowest BCUT2D eigenvalue weighted by Gasteiger charge is -2.24. The van der Waals surface area contributed by atoms with Crippen LogP contribution in [0.2, 0.25) is 0 Å². The maximum Gasteiger partial charge on any atom is 0.0983 e. The van der Waals surface area contributed by atoms with Crippen LogP contribution in [0.15, 0.2) is 11.6 Å². The molecule has 0 aliphatic carbocycles. The maximum atomic E-state index is 4.40. The van der Waals surface area contributed by atoms with Crippen molar-refractivity contribution in [3.8, 4) is 0 Å². The van der Waals surface area contributed by atoms with Gasteiger partial charge in [0.25, 0.3) is 0 Å². The van der Waals surface area contributed by atoms with E-state index < -0.39 is 0 Å². The monoisotopic (exact) mass is 183 g/mol. The number of aromatic nitrogens is 1. The molecule has 68 valence electrons. The Morgan fingerprint density at radius 1 is 1.50 bits per heavy atom. The molecule has 0 aromatic carbocycles. The SMILES string of the molecule is CCCC(C)(CC)c1nccs1. The Balaban J connectivity index is 2.80. The van der Waals surface area contributed by atoms with Crippen LogP contribution < -0.4 is 0 Å². The average molecular weight is 183 g/mol. The minimum atomic E-state index is 0.322. The molecule has 0 saturated heterocycles. The first kappa shape index (κ1) is 9.72. The molecule has 0 N–H and O–H groups in total. The van der Waals surface area contributed by atoms with Crippen molar-refractivity contribution in [3.05, 3.63) is 16.6 Å². The second-order valence-corrected chi connectivity index (χ2v) is 4.40. The summed E-state index contributed by atoms with van der Waals surface area (Å²) < 4.78 is 0. The van der Waals surface area contributed by atoms with Gasteiger partial charge in [-0.05, 0) is 12.8 Å². The molecule has 0 radical (unpaired) electrons. The van der Waals surface area contributed by atoms with Gasteiger partial charge in [-0.3, -0.25) is 0 Å². The third kappa shape index (κ3) is 1.86. The zero-order valence-corrected chi connectivity index (χ0v) is 8.95. The molecule has 0 saturated carbocycles. The van der Waals surface area contributed by atoms with Crippen molar-refractivity contribution in [1.82, 2.24) is 4.98 Å². The van der Waals surface area contributed by atoms with Crippen molar-refractivity contribution in [2.24, 2.45) is 0 Å². The Hall–Kier alpha value is -0.370. The molecule has 12 heavy (non-hydrogen) atoms. The molecule has 0 fully saturated rings. The number of hydrogen-bond acceptors (Lipinski definition) is 2. The summed E-state index contributed by atoms with van der Waals surface area (Å²) in [5.74, 6) is 0. The first-order valence-corrected chi connectivity index (χ1v) is 5.51. The van der Waals surface area contributed by atoms with E-state index in [2.05, 4.69) is 31.1 Å². The summed E-state index contributed by atoms with van der Waals surface area (Å²) in [6, 6.07) is 0. The van der Waals surface area contributed by atoms with E-state index in [-0.39, 0.29) is 0 Å². The van der Waals surface area contributed by atoms with Crippen molar-refractivity contribution in [2.45, 2.75) is 45.4 Å². The lowest BCUT2D eigenvalue weighted by molar-refractivity contribution is 0.412. The second-order valence-electron chi connectivity index (χ2n) is 3.50. The lowest BCUT2D eigenvalue weighted by atomic mass is 9.84. The molecule has 1 heterocycles. The van der Waals surface area contributed by atoms with E-state index in [1.54, 1.807) is 11.3 Å². The molecule has 1 atom stereocenters. The molecule has 0 amide bonds. The predicted octanol–water partition coefficient (Wildman–Crippen LogP) is 3.61. The van der Waals surface area contributed by atoms with Gasteiger partial charge in [0.15, 0.2) is 0 Å². The van der Waals surface area contributed by atoms with Crippen molar-refractivity contribution in [1.29, 1.82) is 0 Å². The number of thiazole rings is 1. The summed E-state index contributed by atoms with van der Waals surface area (Å²) >= 11 is 1.78. The van der Waals surface area contributed by atoms with Crippen LogP contribution in [0.1, 0.15) is 45.0 Å². The van der Waals surface area contributed by atoms with E-state index in [1.165, 1.54) is 24.3 Å². The number of hydrogen-bond donors (Lipinski definition) is 0. The number of rotatable bonds is 4. The topological polar surface area (TPSA) is 12.9 Å². The van der Waals surface area contributed by atoms with Crippen molar-refractivity contribution in [3.63, 3.8) is 0 Å². The molecule has 1 unspecified atom stereocenters. The largest absolute Gasteiger partial charge is 0.249 e. The van der Waals surface area contributed by atoms with Crippen LogP contribution in [-0.2, 0) is 5.41 Å². The maximum absolute atomic E-state index is 4.40.